The van der Waals surface area contributed by atoms with E-state index in [1.165, 1.54) is 0 Å². The number of hydrogen-bond donors (Lipinski definition) is 1. The van der Waals surface area contributed by atoms with E-state index in [1.807, 2.05) is 35.8 Å². The molecule has 2 aromatic heterocycles. The number of nitrogens with zero attached hydrogens (tertiary/aromatic N) is 1. The van der Waals surface area contributed by atoms with E-state index >= 15 is 0 Å². The minimum Gasteiger partial charge on any atom is -0.356 e. The smallest absolute Gasteiger partial charge is 0.181 e. The minimum absolute atomic E-state index is 0.0628. The van der Waals surface area contributed by atoms with Crippen LogP contribution in [0.2, 0.25) is 0 Å². The normalized spacial score (nSPS) is 23.4. The topological polar surface area (TPSA) is 81.3 Å². The third-order valence-electron chi connectivity index (χ3n) is 9.64. The van der Waals surface area contributed by atoms with E-state index in [9.17, 15) is 8.42 Å². The SMILES string of the molecule is O=S(=O)(c1ccc(C(C[C@H]2CCC3(C2)O[C@H](c2ccccc2)[C@@H](c2ccccc2)O3)c2ccc(-c3nccs3)[nH]2)cc1)C1CC1. The zero-order valence-electron chi connectivity index (χ0n) is 24.9. The molecule has 3 aliphatic rings. The summed E-state index contributed by atoms with van der Waals surface area (Å²) in [7, 11) is -3.24. The predicted octanol–water partition coefficient (Wildman–Crippen LogP) is 8.62. The number of H-pyrrole nitrogens is 1. The molecule has 0 radical (unpaired) electrons. The van der Waals surface area contributed by atoms with Crippen molar-refractivity contribution in [1.29, 1.82) is 0 Å². The van der Waals surface area contributed by atoms with Crippen molar-refractivity contribution in [3.63, 3.8) is 0 Å². The van der Waals surface area contributed by atoms with Crippen molar-refractivity contribution in [3.8, 4) is 10.7 Å². The first kappa shape index (κ1) is 28.9. The van der Waals surface area contributed by atoms with E-state index in [0.29, 0.717) is 10.8 Å². The highest BCUT2D eigenvalue weighted by molar-refractivity contribution is 7.92. The monoisotopic (exact) mass is 636 g/mol. The third kappa shape index (κ3) is 5.69. The molecule has 5 aromatic rings. The molecule has 3 heterocycles. The fraction of sp³-hybridized carbons (Fsp3) is 0.324. The first-order valence-electron chi connectivity index (χ1n) is 15.9. The second-order valence-corrected chi connectivity index (χ2v) is 15.8. The number of nitrogens with one attached hydrogen (secondary N) is 1. The summed E-state index contributed by atoms with van der Waals surface area (Å²) in [5, 5.41) is 2.72. The Balaban J connectivity index is 1.07. The molecule has 2 aliphatic carbocycles. The van der Waals surface area contributed by atoms with Crippen molar-refractivity contribution in [1.82, 2.24) is 9.97 Å². The molecule has 8 rings (SSSR count). The van der Waals surface area contributed by atoms with Gasteiger partial charge in [0.15, 0.2) is 15.6 Å². The van der Waals surface area contributed by atoms with Crippen LogP contribution >= 0.6 is 11.3 Å². The fourth-order valence-corrected chi connectivity index (χ4v) is 9.48. The van der Waals surface area contributed by atoms with Gasteiger partial charge in [0.05, 0.1) is 15.8 Å². The van der Waals surface area contributed by atoms with Crippen LogP contribution in [0.3, 0.4) is 0 Å². The van der Waals surface area contributed by atoms with Crippen molar-refractivity contribution >= 4 is 21.2 Å². The molecule has 1 N–H and O–H groups in total. The van der Waals surface area contributed by atoms with E-state index < -0.39 is 15.6 Å². The van der Waals surface area contributed by atoms with Gasteiger partial charge in [-0.15, -0.1) is 11.3 Å². The molecule has 1 spiro atoms. The maximum Gasteiger partial charge on any atom is 0.181 e. The summed E-state index contributed by atoms with van der Waals surface area (Å²) in [6.45, 7) is 0. The highest BCUT2D eigenvalue weighted by Gasteiger charge is 2.52. The molecular weight excluding hydrogens is 601 g/mol. The molecule has 1 aliphatic heterocycles. The van der Waals surface area contributed by atoms with E-state index in [0.717, 1.165) is 71.6 Å². The Bertz CT molecular complexity index is 1800. The molecule has 4 atom stereocenters. The standard InChI is InChI=1S/C37H36N2O4S2/c40-45(41,30-15-16-30)29-13-11-26(12-14-29)31(32-17-18-33(39-32)36-38-21-22-44-36)23-25-19-20-37(24-25)42-34(27-7-3-1-4-8-27)35(43-37)28-9-5-2-6-10-28/h1-14,17-18,21-22,25,30-31,34-35,39H,15-16,19-20,23-24H2/t25-,31?,34-,35-/m1/s1. The first-order valence-corrected chi connectivity index (χ1v) is 18.3. The molecule has 0 bridgehead atoms. The van der Waals surface area contributed by atoms with Gasteiger partial charge in [-0.2, -0.15) is 0 Å². The first-order chi connectivity index (χ1) is 22.0. The number of rotatable bonds is 9. The lowest BCUT2D eigenvalue weighted by molar-refractivity contribution is -0.172. The maximum atomic E-state index is 12.9. The summed E-state index contributed by atoms with van der Waals surface area (Å²) >= 11 is 1.61. The molecule has 3 fully saturated rings. The van der Waals surface area contributed by atoms with Crippen molar-refractivity contribution in [2.24, 2.45) is 5.92 Å². The van der Waals surface area contributed by atoms with Crippen LogP contribution in [-0.4, -0.2) is 29.4 Å². The Morgan fingerprint density at radius 3 is 2.11 bits per heavy atom. The second kappa shape index (κ2) is 11.7. The number of hydrogen-bond acceptors (Lipinski definition) is 6. The lowest BCUT2D eigenvalue weighted by atomic mass is 9.85. The summed E-state index contributed by atoms with van der Waals surface area (Å²) in [4.78, 5) is 8.57. The molecule has 2 saturated carbocycles. The van der Waals surface area contributed by atoms with Crippen LogP contribution in [0.4, 0.5) is 0 Å². The fourth-order valence-electron chi connectivity index (χ4n) is 7.20. The lowest BCUT2D eigenvalue weighted by Gasteiger charge is -2.25. The zero-order valence-corrected chi connectivity index (χ0v) is 26.6. The van der Waals surface area contributed by atoms with Crippen molar-refractivity contribution < 1.29 is 17.9 Å². The molecule has 6 nitrogen and oxygen atoms in total. The average molecular weight is 637 g/mol. The van der Waals surface area contributed by atoms with Crippen LogP contribution in [0.5, 0.6) is 0 Å². The molecule has 45 heavy (non-hydrogen) atoms. The summed E-state index contributed by atoms with van der Waals surface area (Å²) in [5.74, 6) is -0.213. The van der Waals surface area contributed by atoms with Gasteiger partial charge in [-0.3, -0.25) is 0 Å². The second-order valence-electron chi connectivity index (χ2n) is 12.7. The van der Waals surface area contributed by atoms with Crippen LogP contribution in [0, 0.1) is 5.92 Å². The molecule has 1 unspecified atom stereocenters. The van der Waals surface area contributed by atoms with E-state index in [-0.39, 0.29) is 23.4 Å². The van der Waals surface area contributed by atoms with Crippen LogP contribution in [0.15, 0.2) is 114 Å². The van der Waals surface area contributed by atoms with Crippen molar-refractivity contribution in [2.75, 3.05) is 0 Å². The molecule has 8 heteroatoms. The number of sulfone groups is 1. The summed E-state index contributed by atoms with van der Waals surface area (Å²) in [6.07, 6.45) is 6.54. The largest absolute Gasteiger partial charge is 0.356 e. The van der Waals surface area contributed by atoms with E-state index in [4.69, 9.17) is 9.47 Å². The highest BCUT2D eigenvalue weighted by Crippen LogP contribution is 2.55. The third-order valence-corrected chi connectivity index (χ3v) is 12.7. The van der Waals surface area contributed by atoms with Gasteiger partial charge in [0, 0.05) is 36.0 Å². The van der Waals surface area contributed by atoms with Gasteiger partial charge in [0.25, 0.3) is 0 Å². The zero-order chi connectivity index (χ0) is 30.4. The van der Waals surface area contributed by atoms with Gasteiger partial charge in [-0.05, 0) is 72.6 Å². The Kier molecular flexibility index (Phi) is 7.49. The van der Waals surface area contributed by atoms with Gasteiger partial charge >= 0.3 is 0 Å². The quantitative estimate of drug-likeness (QED) is 0.175. The summed E-state index contributed by atoms with van der Waals surface area (Å²) in [6, 6.07) is 32.7. The van der Waals surface area contributed by atoms with Crippen LogP contribution in [0.25, 0.3) is 10.7 Å². The number of benzene rings is 3. The molecule has 1 saturated heterocycles. The molecule has 3 aromatic carbocycles. The van der Waals surface area contributed by atoms with E-state index in [2.05, 4.69) is 70.6 Å². The van der Waals surface area contributed by atoms with Crippen molar-refractivity contribution in [3.05, 3.63) is 131 Å². The number of ether oxygens (including phenoxy) is 2. The average Bonchev–Trinajstić information content (AvgIpc) is 3.43. The Morgan fingerprint density at radius 1 is 0.844 bits per heavy atom. The van der Waals surface area contributed by atoms with Gasteiger partial charge in [-0.1, -0.05) is 72.8 Å². The van der Waals surface area contributed by atoms with Crippen LogP contribution in [-0.2, 0) is 19.3 Å². The number of thiazole rings is 1. The molecular formula is C37H36N2O4S2. The van der Waals surface area contributed by atoms with Gasteiger partial charge in [0.2, 0.25) is 0 Å². The van der Waals surface area contributed by atoms with Crippen molar-refractivity contribution in [2.45, 2.75) is 72.6 Å². The maximum absolute atomic E-state index is 12.9. The van der Waals surface area contributed by atoms with E-state index in [1.54, 1.807) is 23.5 Å². The Labute approximate surface area is 268 Å². The predicted molar refractivity (Wildman–Crippen MR) is 176 cm³/mol. The Hall–Kier alpha value is -3.56. The van der Waals surface area contributed by atoms with Crippen LogP contribution < -0.4 is 0 Å². The van der Waals surface area contributed by atoms with Gasteiger partial charge in [-0.25, -0.2) is 13.4 Å². The highest BCUT2D eigenvalue weighted by atomic mass is 32.2. The van der Waals surface area contributed by atoms with Gasteiger partial charge < -0.3 is 14.5 Å². The molecule has 230 valence electrons. The van der Waals surface area contributed by atoms with Gasteiger partial charge in [0.1, 0.15) is 17.2 Å². The Morgan fingerprint density at radius 2 is 1.51 bits per heavy atom. The minimum atomic E-state index is -3.24. The number of aromatic amines is 1. The lowest BCUT2D eigenvalue weighted by Crippen LogP contribution is -2.26. The summed E-state index contributed by atoms with van der Waals surface area (Å²) in [5.41, 5.74) is 5.48. The number of aromatic nitrogens is 2. The van der Waals surface area contributed by atoms with Crippen LogP contribution in [0.1, 0.15) is 79.0 Å². The summed E-state index contributed by atoms with van der Waals surface area (Å²) < 4.78 is 39.7. The molecule has 0 amide bonds.